The number of para-hydroxylation sites is 3. The van der Waals surface area contributed by atoms with E-state index in [-0.39, 0.29) is 5.91 Å². The SMILES string of the molecule is O=C1Nc2ccccc2C12Nc1ccccc1-n1cccc12. The fourth-order valence-corrected chi connectivity index (χ4v) is 3.59. The molecule has 0 radical (unpaired) electrons. The van der Waals surface area contributed by atoms with E-state index in [0.29, 0.717) is 0 Å². The summed E-state index contributed by atoms with van der Waals surface area (Å²) in [5, 5.41) is 6.49. The van der Waals surface area contributed by atoms with E-state index < -0.39 is 5.54 Å². The molecule has 0 fully saturated rings. The van der Waals surface area contributed by atoms with E-state index in [1.54, 1.807) is 0 Å². The summed E-state index contributed by atoms with van der Waals surface area (Å²) in [5.74, 6) is -0.0387. The third-order valence-corrected chi connectivity index (χ3v) is 4.54. The second kappa shape index (κ2) is 3.80. The van der Waals surface area contributed by atoms with Crippen molar-refractivity contribution in [3.63, 3.8) is 0 Å². The highest BCUT2D eigenvalue weighted by atomic mass is 16.2. The Morgan fingerprint density at radius 3 is 2.55 bits per heavy atom. The molecule has 1 aromatic heterocycles. The average Bonchev–Trinajstić information content (AvgIpc) is 3.13. The van der Waals surface area contributed by atoms with E-state index in [0.717, 1.165) is 28.3 Å². The van der Waals surface area contributed by atoms with Gasteiger partial charge in [-0.25, -0.2) is 0 Å². The number of hydrogen-bond donors (Lipinski definition) is 2. The van der Waals surface area contributed by atoms with Crippen LogP contribution in [0.3, 0.4) is 0 Å². The topological polar surface area (TPSA) is 46.1 Å². The van der Waals surface area contributed by atoms with Crippen molar-refractivity contribution in [2.24, 2.45) is 0 Å². The Kier molecular flexibility index (Phi) is 2.01. The predicted molar refractivity (Wildman–Crippen MR) is 85.2 cm³/mol. The minimum atomic E-state index is -0.867. The van der Waals surface area contributed by atoms with Crippen molar-refractivity contribution >= 4 is 17.3 Å². The highest BCUT2D eigenvalue weighted by Gasteiger charge is 2.52. The van der Waals surface area contributed by atoms with Crippen molar-refractivity contribution in [2.75, 3.05) is 10.6 Å². The minimum Gasteiger partial charge on any atom is -0.361 e. The molecule has 1 spiro atoms. The fourth-order valence-electron chi connectivity index (χ4n) is 3.59. The monoisotopic (exact) mass is 287 g/mol. The van der Waals surface area contributed by atoms with E-state index in [2.05, 4.69) is 21.3 Å². The molecule has 3 heterocycles. The molecular weight excluding hydrogens is 274 g/mol. The second-order valence-corrected chi connectivity index (χ2v) is 5.66. The number of carbonyl (C=O) groups is 1. The molecule has 22 heavy (non-hydrogen) atoms. The van der Waals surface area contributed by atoms with Crippen LogP contribution in [0.2, 0.25) is 0 Å². The number of fused-ring (bicyclic) bond motifs is 6. The summed E-state index contributed by atoms with van der Waals surface area (Å²) in [5.41, 5.74) is 3.92. The molecule has 0 aliphatic carbocycles. The first-order chi connectivity index (χ1) is 10.8. The van der Waals surface area contributed by atoms with Gasteiger partial charge in [0.15, 0.2) is 5.54 Å². The molecule has 2 aliphatic heterocycles. The summed E-state index contributed by atoms with van der Waals surface area (Å²) in [6.07, 6.45) is 2.00. The number of amides is 1. The van der Waals surface area contributed by atoms with E-state index >= 15 is 0 Å². The lowest BCUT2D eigenvalue weighted by atomic mass is 9.85. The Labute approximate surface area is 127 Å². The Balaban J connectivity index is 1.87. The van der Waals surface area contributed by atoms with Gasteiger partial charge < -0.3 is 15.2 Å². The number of carbonyl (C=O) groups excluding carboxylic acids is 1. The maximum absolute atomic E-state index is 12.9. The summed E-state index contributed by atoms with van der Waals surface area (Å²) in [6.45, 7) is 0. The summed E-state index contributed by atoms with van der Waals surface area (Å²) < 4.78 is 2.09. The molecule has 2 aliphatic rings. The molecule has 3 aromatic rings. The van der Waals surface area contributed by atoms with Crippen molar-refractivity contribution < 1.29 is 4.79 Å². The molecule has 1 unspecified atom stereocenters. The van der Waals surface area contributed by atoms with Crippen molar-refractivity contribution in [3.8, 4) is 5.69 Å². The first kappa shape index (κ1) is 11.6. The Bertz CT molecular complexity index is 927. The molecule has 5 rings (SSSR count). The number of benzene rings is 2. The molecule has 2 aromatic carbocycles. The van der Waals surface area contributed by atoms with Crippen molar-refractivity contribution in [1.29, 1.82) is 0 Å². The van der Waals surface area contributed by atoms with Crippen LogP contribution in [-0.4, -0.2) is 10.5 Å². The largest absolute Gasteiger partial charge is 0.361 e. The van der Waals surface area contributed by atoms with Gasteiger partial charge in [-0.15, -0.1) is 0 Å². The lowest BCUT2D eigenvalue weighted by molar-refractivity contribution is -0.118. The van der Waals surface area contributed by atoms with Gasteiger partial charge in [0.1, 0.15) is 0 Å². The summed E-state index contributed by atoms with van der Waals surface area (Å²) in [4.78, 5) is 12.9. The zero-order chi connectivity index (χ0) is 14.7. The van der Waals surface area contributed by atoms with Gasteiger partial charge in [-0.3, -0.25) is 4.79 Å². The highest BCUT2D eigenvalue weighted by molar-refractivity contribution is 6.10. The maximum atomic E-state index is 12.9. The maximum Gasteiger partial charge on any atom is 0.261 e. The third kappa shape index (κ3) is 1.21. The van der Waals surface area contributed by atoms with Crippen LogP contribution < -0.4 is 10.6 Å². The number of nitrogens with zero attached hydrogens (tertiary/aromatic N) is 1. The minimum absolute atomic E-state index is 0.0387. The van der Waals surface area contributed by atoms with E-state index in [1.807, 2.05) is 60.8 Å². The van der Waals surface area contributed by atoms with Gasteiger partial charge >= 0.3 is 0 Å². The van der Waals surface area contributed by atoms with Gasteiger partial charge in [0, 0.05) is 17.4 Å². The molecule has 2 N–H and O–H groups in total. The number of hydrogen-bond acceptors (Lipinski definition) is 2. The molecule has 106 valence electrons. The second-order valence-electron chi connectivity index (χ2n) is 5.66. The predicted octanol–water partition coefficient (Wildman–Crippen LogP) is 3.10. The average molecular weight is 287 g/mol. The van der Waals surface area contributed by atoms with Gasteiger partial charge in [0.2, 0.25) is 0 Å². The summed E-state index contributed by atoms with van der Waals surface area (Å²) in [6, 6.07) is 19.9. The molecular formula is C18H13N3O. The highest BCUT2D eigenvalue weighted by Crippen LogP contribution is 2.47. The van der Waals surface area contributed by atoms with Crippen LogP contribution in [0.4, 0.5) is 11.4 Å². The number of anilines is 2. The fraction of sp³-hybridized carbons (Fsp3) is 0.0556. The molecule has 0 saturated carbocycles. The number of rotatable bonds is 0. The van der Waals surface area contributed by atoms with Gasteiger partial charge in [-0.05, 0) is 30.3 Å². The van der Waals surface area contributed by atoms with Crippen LogP contribution in [0, 0.1) is 0 Å². The lowest BCUT2D eigenvalue weighted by Crippen LogP contribution is -2.47. The Morgan fingerprint density at radius 1 is 0.864 bits per heavy atom. The molecule has 0 saturated heterocycles. The summed E-state index contributed by atoms with van der Waals surface area (Å²) in [7, 11) is 0. The van der Waals surface area contributed by atoms with Gasteiger partial charge in [-0.2, -0.15) is 0 Å². The van der Waals surface area contributed by atoms with E-state index in [9.17, 15) is 4.79 Å². The zero-order valence-corrected chi connectivity index (χ0v) is 11.7. The Hall–Kier alpha value is -3.01. The van der Waals surface area contributed by atoms with E-state index in [4.69, 9.17) is 0 Å². The van der Waals surface area contributed by atoms with Gasteiger partial charge in [0.05, 0.1) is 17.1 Å². The third-order valence-electron chi connectivity index (χ3n) is 4.54. The Morgan fingerprint density at radius 2 is 1.64 bits per heavy atom. The van der Waals surface area contributed by atoms with Crippen LogP contribution in [0.5, 0.6) is 0 Å². The molecule has 0 bridgehead atoms. The molecule has 1 atom stereocenters. The van der Waals surface area contributed by atoms with Crippen LogP contribution in [0.25, 0.3) is 5.69 Å². The van der Waals surface area contributed by atoms with Crippen molar-refractivity contribution in [1.82, 2.24) is 4.57 Å². The van der Waals surface area contributed by atoms with E-state index in [1.165, 1.54) is 0 Å². The normalized spacial score (nSPS) is 20.8. The number of aromatic nitrogens is 1. The first-order valence-corrected chi connectivity index (χ1v) is 7.27. The van der Waals surface area contributed by atoms with Crippen LogP contribution in [0.15, 0.2) is 66.9 Å². The molecule has 4 heteroatoms. The van der Waals surface area contributed by atoms with Gasteiger partial charge in [-0.1, -0.05) is 30.3 Å². The summed E-state index contributed by atoms with van der Waals surface area (Å²) >= 11 is 0. The first-order valence-electron chi connectivity index (χ1n) is 7.27. The quantitative estimate of drug-likeness (QED) is 0.667. The molecule has 1 amide bonds. The van der Waals surface area contributed by atoms with Crippen LogP contribution >= 0.6 is 0 Å². The zero-order valence-electron chi connectivity index (χ0n) is 11.7. The molecule has 4 nitrogen and oxygen atoms in total. The van der Waals surface area contributed by atoms with Crippen LogP contribution in [0.1, 0.15) is 11.3 Å². The standard InChI is InChI=1S/C18H13N3O/c22-17-18(12-6-1-2-7-13(12)19-17)16-10-5-11-21(16)15-9-4-3-8-14(15)20-18/h1-11,20H,(H,19,22). The lowest BCUT2D eigenvalue weighted by Gasteiger charge is -2.36. The number of nitrogens with one attached hydrogen (secondary N) is 2. The van der Waals surface area contributed by atoms with Crippen molar-refractivity contribution in [2.45, 2.75) is 5.54 Å². The van der Waals surface area contributed by atoms with Gasteiger partial charge in [0.25, 0.3) is 5.91 Å². The van der Waals surface area contributed by atoms with Crippen molar-refractivity contribution in [3.05, 3.63) is 78.1 Å². The van der Waals surface area contributed by atoms with Crippen LogP contribution in [-0.2, 0) is 10.3 Å². The smallest absolute Gasteiger partial charge is 0.261 e.